The van der Waals surface area contributed by atoms with Gasteiger partial charge >= 0.3 is 0 Å². The van der Waals surface area contributed by atoms with Gasteiger partial charge in [0.1, 0.15) is 0 Å². The molecule has 0 saturated carbocycles. The normalized spacial score (nSPS) is 15.8. The first-order valence-corrected chi connectivity index (χ1v) is 12.1. The molecule has 0 fully saturated rings. The van der Waals surface area contributed by atoms with Gasteiger partial charge in [-0.05, 0) is 35.6 Å². The molecule has 0 saturated heterocycles. The van der Waals surface area contributed by atoms with Crippen LogP contribution in [0.4, 0.5) is 10.3 Å². The van der Waals surface area contributed by atoms with Gasteiger partial charge in [0.25, 0.3) is 0 Å². The van der Waals surface area contributed by atoms with Gasteiger partial charge in [0.2, 0.25) is 11.9 Å². The highest BCUT2D eigenvalue weighted by Crippen LogP contribution is 2.51. The molecule has 0 bridgehead atoms. The molecule has 4 aromatic rings. The summed E-state index contributed by atoms with van der Waals surface area (Å²) in [6.45, 7) is 3.11. The predicted molar refractivity (Wildman–Crippen MR) is 130 cm³/mol. The topological polar surface area (TPSA) is 107 Å². The second-order valence-corrected chi connectivity index (χ2v) is 9.63. The number of rotatable bonds is 7. The second kappa shape index (κ2) is 9.65. The van der Waals surface area contributed by atoms with E-state index in [1.54, 1.807) is 35.0 Å². The highest BCUT2D eigenvalue weighted by atomic mass is 35.5. The first kappa shape index (κ1) is 22.7. The summed E-state index contributed by atoms with van der Waals surface area (Å²) in [6.07, 6.45) is 7.33. The number of hydrogen-bond acceptors (Lipinski definition) is 8. The Kier molecular flexibility index (Phi) is 6.44. The number of aromatic nitrogens is 6. The molecular formula is C23H22ClFN8S. The van der Waals surface area contributed by atoms with Crippen molar-refractivity contribution < 1.29 is 4.39 Å². The van der Waals surface area contributed by atoms with Crippen molar-refractivity contribution in [3.8, 4) is 11.1 Å². The summed E-state index contributed by atoms with van der Waals surface area (Å²) in [7, 11) is 0. The Balaban J connectivity index is 1.40. The molecule has 2 unspecified atom stereocenters. The Bertz CT molecular complexity index is 1310. The summed E-state index contributed by atoms with van der Waals surface area (Å²) in [5, 5.41) is 11.5. The fourth-order valence-corrected chi connectivity index (χ4v) is 5.73. The van der Waals surface area contributed by atoms with Crippen molar-refractivity contribution in [1.82, 2.24) is 29.9 Å². The summed E-state index contributed by atoms with van der Waals surface area (Å²) in [5.74, 6) is -0.0243. The van der Waals surface area contributed by atoms with Crippen LogP contribution in [0.3, 0.4) is 0 Å². The predicted octanol–water partition coefficient (Wildman–Crippen LogP) is 4.44. The number of nitrogens with two attached hydrogens (primary N) is 1. The standard InChI is InChI=1S/C23H22ClFN8S/c1-13(26)17-11-28-20(25)10-16(17)15-4-2-3-14-9-19(34-22(14)15)21-18(24)12-29-23(31-21)27-5-7-33-8-6-30-32-33/h2-4,6,8,10-13,19H,5,7,9,26H2,1H3,(H,27,29,31). The van der Waals surface area contributed by atoms with Gasteiger partial charge in [0.05, 0.1) is 34.9 Å². The minimum Gasteiger partial charge on any atom is -0.352 e. The van der Waals surface area contributed by atoms with Gasteiger partial charge in [0, 0.05) is 35.9 Å². The Hall–Kier alpha value is -3.08. The highest BCUT2D eigenvalue weighted by molar-refractivity contribution is 8.00. The van der Waals surface area contributed by atoms with Crippen LogP contribution in [0, 0.1) is 5.95 Å². The first-order chi connectivity index (χ1) is 16.5. The van der Waals surface area contributed by atoms with E-state index < -0.39 is 5.95 Å². The average Bonchev–Trinajstić information content (AvgIpc) is 3.49. The molecule has 3 aromatic heterocycles. The summed E-state index contributed by atoms with van der Waals surface area (Å²) in [4.78, 5) is 13.9. The maximum Gasteiger partial charge on any atom is 0.223 e. The van der Waals surface area contributed by atoms with Crippen LogP contribution in [0.5, 0.6) is 0 Å². The number of nitrogens with zero attached hydrogens (tertiary/aromatic N) is 6. The van der Waals surface area contributed by atoms with Gasteiger partial charge < -0.3 is 11.1 Å². The van der Waals surface area contributed by atoms with Crippen LogP contribution in [0.25, 0.3) is 11.1 Å². The van der Waals surface area contributed by atoms with Crippen LogP contribution >= 0.6 is 23.4 Å². The van der Waals surface area contributed by atoms with Crippen LogP contribution in [0.2, 0.25) is 5.02 Å². The molecule has 1 aromatic carbocycles. The average molecular weight is 497 g/mol. The molecule has 3 N–H and O–H groups in total. The van der Waals surface area contributed by atoms with Crippen LogP contribution in [-0.4, -0.2) is 36.5 Å². The van der Waals surface area contributed by atoms with Crippen molar-refractivity contribution in [3.05, 3.63) is 76.8 Å². The monoisotopic (exact) mass is 496 g/mol. The molecule has 2 atom stereocenters. The van der Waals surface area contributed by atoms with E-state index >= 15 is 0 Å². The molecule has 34 heavy (non-hydrogen) atoms. The molecule has 0 aliphatic carbocycles. The van der Waals surface area contributed by atoms with Gasteiger partial charge in [-0.2, -0.15) is 4.39 Å². The van der Waals surface area contributed by atoms with E-state index in [0.717, 1.165) is 39.3 Å². The molecule has 11 heteroatoms. The Morgan fingerprint density at radius 3 is 2.97 bits per heavy atom. The molecular weight excluding hydrogens is 475 g/mol. The number of pyridine rings is 1. The van der Waals surface area contributed by atoms with Crippen LogP contribution in [0.1, 0.15) is 35.0 Å². The largest absolute Gasteiger partial charge is 0.352 e. The van der Waals surface area contributed by atoms with Crippen LogP contribution < -0.4 is 11.1 Å². The first-order valence-electron chi connectivity index (χ1n) is 10.8. The molecule has 174 valence electrons. The molecule has 4 heterocycles. The fraction of sp³-hybridized carbons (Fsp3) is 0.261. The van der Waals surface area contributed by atoms with Crippen molar-refractivity contribution >= 4 is 29.3 Å². The maximum absolute atomic E-state index is 14.1. The fourth-order valence-electron chi connectivity index (χ4n) is 4.00. The molecule has 0 radical (unpaired) electrons. The highest BCUT2D eigenvalue weighted by Gasteiger charge is 2.30. The molecule has 8 nitrogen and oxygen atoms in total. The van der Waals surface area contributed by atoms with Gasteiger partial charge in [-0.1, -0.05) is 35.0 Å². The van der Waals surface area contributed by atoms with Gasteiger partial charge in [-0.25, -0.2) is 15.0 Å². The van der Waals surface area contributed by atoms with Gasteiger partial charge in [0.15, 0.2) is 0 Å². The van der Waals surface area contributed by atoms with Crippen LogP contribution in [0.15, 0.2) is 53.9 Å². The maximum atomic E-state index is 14.1. The third-order valence-electron chi connectivity index (χ3n) is 5.62. The number of hydrogen-bond donors (Lipinski definition) is 2. The number of halogens is 2. The van der Waals surface area contributed by atoms with Crippen LogP contribution in [-0.2, 0) is 13.0 Å². The minimum atomic E-state index is -0.531. The lowest BCUT2D eigenvalue weighted by atomic mass is 9.95. The van der Waals surface area contributed by atoms with E-state index in [1.165, 1.54) is 12.3 Å². The Morgan fingerprint density at radius 1 is 1.29 bits per heavy atom. The molecule has 1 aliphatic heterocycles. The number of fused-ring (bicyclic) bond motifs is 1. The number of benzene rings is 1. The Labute approximate surface area is 205 Å². The van der Waals surface area contributed by atoms with E-state index in [1.807, 2.05) is 19.1 Å². The summed E-state index contributed by atoms with van der Waals surface area (Å²) < 4.78 is 15.8. The summed E-state index contributed by atoms with van der Waals surface area (Å²) in [5.41, 5.74) is 10.6. The lowest BCUT2D eigenvalue weighted by Crippen LogP contribution is -2.13. The number of nitrogens with one attached hydrogen (secondary N) is 1. The zero-order chi connectivity index (χ0) is 23.7. The number of thioether (sulfide) groups is 1. The zero-order valence-corrected chi connectivity index (χ0v) is 19.9. The molecule has 0 spiro atoms. The van der Waals surface area contributed by atoms with Crippen molar-refractivity contribution in [3.63, 3.8) is 0 Å². The van der Waals surface area contributed by atoms with E-state index in [9.17, 15) is 4.39 Å². The van der Waals surface area contributed by atoms with Crippen molar-refractivity contribution in [2.45, 2.75) is 36.1 Å². The molecule has 5 rings (SSSR count). The zero-order valence-electron chi connectivity index (χ0n) is 18.3. The van der Waals surface area contributed by atoms with Gasteiger partial charge in [-0.3, -0.25) is 4.68 Å². The van der Waals surface area contributed by atoms with E-state index in [2.05, 4.69) is 31.7 Å². The number of anilines is 1. The van der Waals surface area contributed by atoms with Gasteiger partial charge in [-0.15, -0.1) is 16.9 Å². The third-order valence-corrected chi connectivity index (χ3v) is 7.30. The SMILES string of the molecule is CC(N)c1cnc(F)cc1-c1cccc2c1SC(c1nc(NCCn3ccnn3)ncc1Cl)C2. The smallest absolute Gasteiger partial charge is 0.223 e. The van der Waals surface area contributed by atoms with Crippen molar-refractivity contribution in [1.29, 1.82) is 0 Å². The third kappa shape index (κ3) is 4.61. The van der Waals surface area contributed by atoms with E-state index in [0.29, 0.717) is 24.1 Å². The lowest BCUT2D eigenvalue weighted by molar-refractivity contribution is 0.581. The minimum absolute atomic E-state index is 0.00736. The Morgan fingerprint density at radius 2 is 2.18 bits per heavy atom. The van der Waals surface area contributed by atoms with E-state index in [-0.39, 0.29) is 11.3 Å². The van der Waals surface area contributed by atoms with E-state index in [4.69, 9.17) is 22.3 Å². The molecule has 1 aliphatic rings. The van der Waals surface area contributed by atoms with Crippen molar-refractivity contribution in [2.24, 2.45) is 5.73 Å². The lowest BCUT2D eigenvalue weighted by Gasteiger charge is -2.15. The quantitative estimate of drug-likeness (QED) is 0.361. The molecule has 0 amide bonds. The summed E-state index contributed by atoms with van der Waals surface area (Å²) >= 11 is 8.19. The second-order valence-electron chi connectivity index (χ2n) is 8.01. The van der Waals surface area contributed by atoms with Crippen molar-refractivity contribution in [2.75, 3.05) is 11.9 Å². The summed E-state index contributed by atoms with van der Waals surface area (Å²) in [6, 6.07) is 7.24.